The van der Waals surface area contributed by atoms with Gasteiger partial charge in [0.15, 0.2) is 6.10 Å². The van der Waals surface area contributed by atoms with Crippen LogP contribution in [0.1, 0.15) is 36.5 Å². The smallest absolute Gasteiger partial charge is 0.338 e. The third-order valence-electron chi connectivity index (χ3n) is 4.97. The SMILES string of the molecule is CCC(=O)OCCCCOc1ccc(C(=O)O[C@H]2COC3C2OC[C@@H]3OC)cc1. The van der Waals surface area contributed by atoms with E-state index in [2.05, 4.69) is 0 Å². The lowest BCUT2D eigenvalue weighted by atomic mass is 10.1. The predicted octanol–water partition coefficient (Wildman–Crippen LogP) is 2.14. The summed E-state index contributed by atoms with van der Waals surface area (Å²) in [6, 6.07) is 6.80. The number of benzene rings is 1. The maximum atomic E-state index is 12.4. The minimum Gasteiger partial charge on any atom is -0.494 e. The highest BCUT2D eigenvalue weighted by molar-refractivity contribution is 5.89. The van der Waals surface area contributed by atoms with E-state index in [0.29, 0.717) is 44.2 Å². The zero-order chi connectivity index (χ0) is 20.6. The Hall–Kier alpha value is -2.16. The molecular formula is C21H28O8. The second kappa shape index (κ2) is 10.6. The van der Waals surface area contributed by atoms with Crippen LogP contribution in [0.2, 0.25) is 0 Å². The molecule has 160 valence electrons. The van der Waals surface area contributed by atoms with Crippen LogP contribution in [-0.4, -0.2) is 69.9 Å². The highest BCUT2D eigenvalue weighted by atomic mass is 16.7. The zero-order valence-electron chi connectivity index (χ0n) is 16.8. The number of carbonyl (C=O) groups is 2. The Morgan fingerprint density at radius 3 is 2.34 bits per heavy atom. The molecule has 8 nitrogen and oxygen atoms in total. The first-order valence-corrected chi connectivity index (χ1v) is 9.97. The summed E-state index contributed by atoms with van der Waals surface area (Å²) >= 11 is 0. The molecule has 0 amide bonds. The van der Waals surface area contributed by atoms with Crippen molar-refractivity contribution < 1.29 is 38.0 Å². The lowest BCUT2D eigenvalue weighted by Crippen LogP contribution is -2.34. The number of esters is 2. The molecule has 2 heterocycles. The van der Waals surface area contributed by atoms with Gasteiger partial charge in [-0.3, -0.25) is 4.79 Å². The molecule has 0 N–H and O–H groups in total. The van der Waals surface area contributed by atoms with Gasteiger partial charge in [-0.1, -0.05) is 6.92 Å². The van der Waals surface area contributed by atoms with Gasteiger partial charge in [0.25, 0.3) is 0 Å². The average Bonchev–Trinajstić information content (AvgIpc) is 3.33. The van der Waals surface area contributed by atoms with E-state index < -0.39 is 12.1 Å². The van der Waals surface area contributed by atoms with Gasteiger partial charge in [0.2, 0.25) is 0 Å². The number of carbonyl (C=O) groups excluding carboxylic acids is 2. The fourth-order valence-corrected chi connectivity index (χ4v) is 3.31. The Balaban J connectivity index is 1.38. The average molecular weight is 408 g/mol. The lowest BCUT2D eigenvalue weighted by Gasteiger charge is -2.17. The number of fused-ring (bicyclic) bond motifs is 1. The molecule has 4 atom stereocenters. The van der Waals surface area contributed by atoms with Crippen LogP contribution in [-0.2, 0) is 28.5 Å². The first-order valence-electron chi connectivity index (χ1n) is 9.97. The number of unbranched alkanes of at least 4 members (excludes halogenated alkanes) is 1. The summed E-state index contributed by atoms with van der Waals surface area (Å²) in [4.78, 5) is 23.5. The molecule has 0 aliphatic carbocycles. The van der Waals surface area contributed by atoms with E-state index in [-0.39, 0.29) is 24.3 Å². The van der Waals surface area contributed by atoms with Crippen LogP contribution in [0.5, 0.6) is 5.75 Å². The van der Waals surface area contributed by atoms with Crippen molar-refractivity contribution >= 4 is 11.9 Å². The van der Waals surface area contributed by atoms with E-state index in [1.54, 1.807) is 38.3 Å². The molecular weight excluding hydrogens is 380 g/mol. The molecule has 2 aliphatic rings. The van der Waals surface area contributed by atoms with Gasteiger partial charge in [0.1, 0.15) is 24.1 Å². The van der Waals surface area contributed by atoms with E-state index in [1.165, 1.54) is 0 Å². The van der Waals surface area contributed by atoms with Crippen molar-refractivity contribution in [2.24, 2.45) is 0 Å². The Morgan fingerprint density at radius 2 is 1.66 bits per heavy atom. The van der Waals surface area contributed by atoms with Crippen molar-refractivity contribution in [3.05, 3.63) is 29.8 Å². The second-order valence-electron chi connectivity index (χ2n) is 6.97. The molecule has 2 aliphatic heterocycles. The third kappa shape index (κ3) is 5.68. The van der Waals surface area contributed by atoms with E-state index in [1.807, 2.05) is 0 Å². The summed E-state index contributed by atoms with van der Waals surface area (Å²) < 4.78 is 32.9. The van der Waals surface area contributed by atoms with Crippen LogP contribution < -0.4 is 4.74 Å². The molecule has 0 radical (unpaired) electrons. The molecule has 0 bridgehead atoms. The molecule has 1 aromatic rings. The lowest BCUT2D eigenvalue weighted by molar-refractivity contribution is -0.143. The number of hydrogen-bond donors (Lipinski definition) is 0. The highest BCUT2D eigenvalue weighted by Gasteiger charge is 2.49. The van der Waals surface area contributed by atoms with Crippen molar-refractivity contribution in [2.75, 3.05) is 33.5 Å². The Morgan fingerprint density at radius 1 is 1.00 bits per heavy atom. The van der Waals surface area contributed by atoms with E-state index in [9.17, 15) is 9.59 Å². The largest absolute Gasteiger partial charge is 0.494 e. The summed E-state index contributed by atoms with van der Waals surface area (Å²) in [6.45, 7) is 3.42. The van der Waals surface area contributed by atoms with Gasteiger partial charge in [-0.2, -0.15) is 0 Å². The Kier molecular flexibility index (Phi) is 7.85. The predicted molar refractivity (Wildman–Crippen MR) is 102 cm³/mol. The van der Waals surface area contributed by atoms with Crippen molar-refractivity contribution in [3.63, 3.8) is 0 Å². The van der Waals surface area contributed by atoms with Crippen LogP contribution in [0.15, 0.2) is 24.3 Å². The maximum Gasteiger partial charge on any atom is 0.338 e. The van der Waals surface area contributed by atoms with E-state index in [4.69, 9.17) is 28.4 Å². The van der Waals surface area contributed by atoms with Crippen LogP contribution in [0.4, 0.5) is 0 Å². The molecule has 3 rings (SSSR count). The van der Waals surface area contributed by atoms with Gasteiger partial charge in [0.05, 0.1) is 32.0 Å². The third-order valence-corrected chi connectivity index (χ3v) is 4.97. The maximum absolute atomic E-state index is 12.4. The quantitative estimate of drug-likeness (QED) is 0.430. The molecule has 1 aromatic carbocycles. The minimum atomic E-state index is -0.439. The van der Waals surface area contributed by atoms with Crippen molar-refractivity contribution in [1.82, 2.24) is 0 Å². The fourth-order valence-electron chi connectivity index (χ4n) is 3.31. The topological polar surface area (TPSA) is 89.5 Å². The van der Waals surface area contributed by atoms with Gasteiger partial charge >= 0.3 is 11.9 Å². The second-order valence-corrected chi connectivity index (χ2v) is 6.97. The molecule has 0 aromatic heterocycles. The number of rotatable bonds is 10. The minimum absolute atomic E-state index is 0.126. The Bertz CT molecular complexity index is 674. The molecule has 2 unspecified atom stereocenters. The van der Waals surface area contributed by atoms with Gasteiger partial charge in [-0.25, -0.2) is 4.79 Å². The molecule has 2 saturated heterocycles. The van der Waals surface area contributed by atoms with Crippen LogP contribution in [0.3, 0.4) is 0 Å². The van der Waals surface area contributed by atoms with Gasteiger partial charge in [0, 0.05) is 13.5 Å². The molecule has 29 heavy (non-hydrogen) atoms. The normalized spacial score (nSPS) is 25.4. The monoisotopic (exact) mass is 408 g/mol. The number of hydrogen-bond acceptors (Lipinski definition) is 8. The summed E-state index contributed by atoms with van der Waals surface area (Å²) in [5, 5.41) is 0. The number of ether oxygens (including phenoxy) is 6. The number of methoxy groups -OCH3 is 1. The fraction of sp³-hybridized carbons (Fsp3) is 0.619. The first kappa shape index (κ1) is 21.5. The summed E-state index contributed by atoms with van der Waals surface area (Å²) in [6.07, 6.45) is 0.855. The molecule has 0 spiro atoms. The summed E-state index contributed by atoms with van der Waals surface area (Å²) in [5.41, 5.74) is 0.438. The van der Waals surface area contributed by atoms with E-state index >= 15 is 0 Å². The first-order chi connectivity index (χ1) is 14.1. The van der Waals surface area contributed by atoms with Crippen molar-refractivity contribution in [3.8, 4) is 5.75 Å². The summed E-state index contributed by atoms with van der Waals surface area (Å²) in [5.74, 6) is 0.0533. The van der Waals surface area contributed by atoms with Crippen LogP contribution in [0, 0.1) is 0 Å². The standard InChI is InChI=1S/C21H28O8/c1-3-18(22)26-11-5-4-10-25-15-8-6-14(7-9-15)21(23)29-17-13-28-19-16(24-2)12-27-20(17)19/h6-9,16-17,19-20H,3-5,10-13H2,1-2H3/t16-,17-,19?,20?/m0/s1. The van der Waals surface area contributed by atoms with Crippen LogP contribution in [0.25, 0.3) is 0 Å². The van der Waals surface area contributed by atoms with Gasteiger partial charge in [-0.15, -0.1) is 0 Å². The highest BCUT2D eigenvalue weighted by Crippen LogP contribution is 2.30. The van der Waals surface area contributed by atoms with Crippen molar-refractivity contribution in [1.29, 1.82) is 0 Å². The molecule has 0 saturated carbocycles. The Labute approximate surface area is 170 Å². The van der Waals surface area contributed by atoms with Crippen LogP contribution >= 0.6 is 0 Å². The molecule has 8 heteroatoms. The zero-order valence-corrected chi connectivity index (χ0v) is 16.8. The molecule has 2 fully saturated rings. The van der Waals surface area contributed by atoms with Gasteiger partial charge < -0.3 is 28.4 Å². The van der Waals surface area contributed by atoms with Gasteiger partial charge in [-0.05, 0) is 37.1 Å². The summed E-state index contributed by atoms with van der Waals surface area (Å²) in [7, 11) is 1.61. The van der Waals surface area contributed by atoms with E-state index in [0.717, 1.165) is 12.8 Å². The van der Waals surface area contributed by atoms with Crippen molar-refractivity contribution in [2.45, 2.75) is 50.6 Å².